The molecule has 4 aliphatic carbocycles. The van der Waals surface area contributed by atoms with Crippen LogP contribution in [0.3, 0.4) is 0 Å². The highest BCUT2D eigenvalue weighted by Gasteiger charge is 2.42. The van der Waals surface area contributed by atoms with Crippen LogP contribution in [0.25, 0.3) is 0 Å². The van der Waals surface area contributed by atoms with Crippen molar-refractivity contribution in [1.82, 2.24) is 0 Å². The molecule has 0 aromatic heterocycles. The van der Waals surface area contributed by atoms with Gasteiger partial charge in [-0.25, -0.2) is 0 Å². The Morgan fingerprint density at radius 1 is 0.609 bits per heavy atom. The molecule has 0 nitrogen and oxygen atoms in total. The molecule has 23 heavy (non-hydrogen) atoms. The van der Waals surface area contributed by atoms with Gasteiger partial charge in [-0.15, -0.1) is 0 Å². The Balaban J connectivity index is 1.79. The summed E-state index contributed by atoms with van der Waals surface area (Å²) >= 11 is 0. The van der Waals surface area contributed by atoms with Crippen LogP contribution in [0.1, 0.15) is 78.1 Å². The first-order valence-electron chi connectivity index (χ1n) is 9.83. The van der Waals surface area contributed by atoms with E-state index in [4.69, 9.17) is 0 Å². The van der Waals surface area contributed by atoms with E-state index in [1.165, 1.54) is 64.2 Å². The molecule has 124 valence electrons. The molecule has 0 saturated carbocycles. The zero-order valence-electron chi connectivity index (χ0n) is 15.6. The van der Waals surface area contributed by atoms with Crippen molar-refractivity contribution in [3.8, 4) is 0 Å². The molecule has 0 saturated heterocycles. The molecule has 0 fully saturated rings. The van der Waals surface area contributed by atoms with E-state index in [9.17, 15) is 0 Å². The van der Waals surface area contributed by atoms with E-state index >= 15 is 0 Å². The molecule has 0 heterocycles. The molecule has 0 radical (unpaired) electrons. The van der Waals surface area contributed by atoms with Crippen molar-refractivity contribution in [3.05, 3.63) is 43.8 Å². The molecule has 0 bridgehead atoms. The van der Waals surface area contributed by atoms with Crippen molar-refractivity contribution >= 4 is 8.07 Å². The third-order valence-corrected chi connectivity index (χ3v) is 10.8. The summed E-state index contributed by atoms with van der Waals surface area (Å²) in [6.07, 6.45) is 13.8. The molecule has 0 aromatic rings. The summed E-state index contributed by atoms with van der Waals surface area (Å²) < 4.78 is 0. The lowest BCUT2D eigenvalue weighted by molar-refractivity contribution is 0.677. The molecule has 1 heteroatoms. The minimum Gasteiger partial charge on any atom is -0.0693 e. The van der Waals surface area contributed by atoms with Crippen LogP contribution in [0.4, 0.5) is 0 Å². The van der Waals surface area contributed by atoms with Crippen molar-refractivity contribution in [3.63, 3.8) is 0 Å². The molecule has 0 amide bonds. The second-order valence-corrected chi connectivity index (χ2v) is 13.1. The molecule has 0 spiro atoms. The van der Waals surface area contributed by atoms with Crippen LogP contribution in [-0.2, 0) is 0 Å². The molecule has 0 aromatic carbocycles. The van der Waals surface area contributed by atoms with E-state index in [0.29, 0.717) is 0 Å². The summed E-state index contributed by atoms with van der Waals surface area (Å²) in [5.41, 5.74) is 10.8. The zero-order valence-corrected chi connectivity index (χ0v) is 16.6. The molecular formula is C22H32Si. The smallest absolute Gasteiger partial charge is 0.0693 e. The van der Waals surface area contributed by atoms with Gasteiger partial charge in [-0.3, -0.25) is 0 Å². The largest absolute Gasteiger partial charge is 0.112 e. The van der Waals surface area contributed by atoms with Gasteiger partial charge in [-0.05, 0) is 89.2 Å². The van der Waals surface area contributed by atoms with Gasteiger partial charge >= 0.3 is 0 Å². The normalized spacial score (nSPS) is 25.6. The lowest BCUT2D eigenvalue weighted by Gasteiger charge is -2.34. The summed E-state index contributed by atoms with van der Waals surface area (Å²) in [6, 6.07) is 0. The SMILES string of the molecule is CC1=C([Si](C)(C)C2=C(C)CC3=C2CCCC3)C2=C(CCCC2)C1. The standard InChI is InChI=1S/C22H32Si/c1-15-13-17-9-5-7-11-19(17)21(15)23(3,4)22-16(2)14-18-10-6-8-12-20(18)22/h5-14H2,1-4H3. The van der Waals surface area contributed by atoms with Crippen molar-refractivity contribution in [2.24, 2.45) is 0 Å². The zero-order chi connectivity index (χ0) is 16.2. The fourth-order valence-corrected chi connectivity index (χ4v) is 10.9. The van der Waals surface area contributed by atoms with Crippen LogP contribution in [0.5, 0.6) is 0 Å². The fraction of sp³-hybridized carbons (Fsp3) is 0.636. The van der Waals surface area contributed by atoms with Crippen LogP contribution in [0.2, 0.25) is 13.1 Å². The predicted octanol–water partition coefficient (Wildman–Crippen LogP) is 6.95. The first-order chi connectivity index (χ1) is 11.0. The second-order valence-electron chi connectivity index (χ2n) is 8.87. The quantitative estimate of drug-likeness (QED) is 0.482. The van der Waals surface area contributed by atoms with Gasteiger partial charge in [0.2, 0.25) is 0 Å². The Bertz CT molecular complexity index is 621. The Hall–Kier alpha value is -0.823. The van der Waals surface area contributed by atoms with Crippen molar-refractivity contribution < 1.29 is 0 Å². The summed E-state index contributed by atoms with van der Waals surface area (Å²) in [5.74, 6) is 0. The Morgan fingerprint density at radius 3 is 1.43 bits per heavy atom. The molecule has 0 N–H and O–H groups in total. The van der Waals surface area contributed by atoms with Crippen LogP contribution < -0.4 is 0 Å². The van der Waals surface area contributed by atoms with Crippen molar-refractivity contribution in [2.75, 3.05) is 0 Å². The third-order valence-electron chi connectivity index (χ3n) is 6.83. The second kappa shape index (κ2) is 5.62. The highest BCUT2D eigenvalue weighted by atomic mass is 28.3. The Morgan fingerprint density at radius 2 is 1.00 bits per heavy atom. The topological polar surface area (TPSA) is 0 Å². The molecule has 0 unspecified atom stereocenters. The average Bonchev–Trinajstić information content (AvgIpc) is 3.02. The molecule has 0 aliphatic heterocycles. The lowest BCUT2D eigenvalue weighted by Crippen LogP contribution is -2.35. The van der Waals surface area contributed by atoms with Gasteiger partial charge in [0.15, 0.2) is 0 Å². The number of rotatable bonds is 2. The maximum absolute atomic E-state index is 2.67. The highest BCUT2D eigenvalue weighted by Crippen LogP contribution is 2.51. The van der Waals surface area contributed by atoms with Gasteiger partial charge in [0.05, 0.1) is 0 Å². The first-order valence-corrected chi connectivity index (χ1v) is 12.8. The van der Waals surface area contributed by atoms with Crippen LogP contribution in [0.15, 0.2) is 43.8 Å². The maximum atomic E-state index is 2.67. The summed E-state index contributed by atoms with van der Waals surface area (Å²) in [5, 5.41) is 3.75. The third kappa shape index (κ3) is 2.38. The van der Waals surface area contributed by atoms with Crippen LogP contribution >= 0.6 is 0 Å². The number of allylic oxidation sites excluding steroid dienone is 8. The Labute approximate surface area is 143 Å². The van der Waals surface area contributed by atoms with E-state index in [2.05, 4.69) is 26.9 Å². The van der Waals surface area contributed by atoms with Crippen LogP contribution in [0, 0.1) is 0 Å². The molecule has 0 atom stereocenters. The highest BCUT2D eigenvalue weighted by molar-refractivity contribution is 6.92. The minimum absolute atomic E-state index is 1.30. The van der Waals surface area contributed by atoms with E-state index in [1.807, 2.05) is 32.7 Å². The minimum atomic E-state index is -1.54. The molecule has 4 rings (SSSR count). The van der Waals surface area contributed by atoms with Gasteiger partial charge < -0.3 is 0 Å². The van der Waals surface area contributed by atoms with Gasteiger partial charge in [0.25, 0.3) is 0 Å². The van der Waals surface area contributed by atoms with E-state index in [0.717, 1.165) is 0 Å². The number of hydrogen-bond donors (Lipinski definition) is 0. The summed E-state index contributed by atoms with van der Waals surface area (Å²) in [6.45, 7) is 10.2. The lowest BCUT2D eigenvalue weighted by atomic mass is 9.93. The maximum Gasteiger partial charge on any atom is 0.112 e. The Kier molecular flexibility index (Phi) is 3.83. The van der Waals surface area contributed by atoms with E-state index in [1.54, 1.807) is 11.1 Å². The summed E-state index contributed by atoms with van der Waals surface area (Å²) in [4.78, 5) is 0. The molecule has 4 aliphatic rings. The van der Waals surface area contributed by atoms with Gasteiger partial charge in [-0.2, -0.15) is 0 Å². The van der Waals surface area contributed by atoms with E-state index in [-0.39, 0.29) is 0 Å². The van der Waals surface area contributed by atoms with Gasteiger partial charge in [0, 0.05) is 0 Å². The van der Waals surface area contributed by atoms with Crippen molar-refractivity contribution in [2.45, 2.75) is 91.1 Å². The predicted molar refractivity (Wildman–Crippen MR) is 103 cm³/mol. The van der Waals surface area contributed by atoms with Gasteiger partial charge in [-0.1, -0.05) is 45.8 Å². The fourth-order valence-electron chi connectivity index (χ4n) is 6.21. The average molecular weight is 325 g/mol. The first kappa shape index (κ1) is 15.7. The monoisotopic (exact) mass is 324 g/mol. The van der Waals surface area contributed by atoms with E-state index < -0.39 is 8.07 Å². The molecular weight excluding hydrogens is 292 g/mol. The summed E-state index contributed by atoms with van der Waals surface area (Å²) in [7, 11) is -1.54. The van der Waals surface area contributed by atoms with Crippen molar-refractivity contribution in [1.29, 1.82) is 0 Å². The van der Waals surface area contributed by atoms with Crippen LogP contribution in [-0.4, -0.2) is 8.07 Å². The number of hydrogen-bond acceptors (Lipinski definition) is 0. The van der Waals surface area contributed by atoms with Gasteiger partial charge in [0.1, 0.15) is 8.07 Å².